The van der Waals surface area contributed by atoms with Crippen LogP contribution in [0.25, 0.3) is 10.4 Å². The van der Waals surface area contributed by atoms with Crippen molar-refractivity contribution in [2.45, 2.75) is 45.8 Å². The first-order chi connectivity index (χ1) is 17.5. The summed E-state index contributed by atoms with van der Waals surface area (Å²) in [4.78, 5) is 48.7. The fourth-order valence-corrected chi connectivity index (χ4v) is 3.97. The van der Waals surface area contributed by atoms with Crippen molar-refractivity contribution in [1.82, 2.24) is 5.32 Å². The van der Waals surface area contributed by atoms with Gasteiger partial charge in [-0.3, -0.25) is 19.7 Å². The van der Waals surface area contributed by atoms with Crippen LogP contribution >= 0.6 is 11.3 Å². The molecular formula is C27H29N3O6S. The smallest absolute Gasteiger partial charge is 0.412 e. The minimum absolute atomic E-state index is 0.0972. The van der Waals surface area contributed by atoms with Crippen LogP contribution in [0.1, 0.15) is 49.5 Å². The van der Waals surface area contributed by atoms with Gasteiger partial charge in [-0.15, -0.1) is 11.3 Å². The number of carboxylic acids is 1. The first-order valence-corrected chi connectivity index (χ1v) is 12.4. The molecule has 0 saturated heterocycles. The second kappa shape index (κ2) is 12.2. The summed E-state index contributed by atoms with van der Waals surface area (Å²) in [5.74, 6) is -1.77. The Labute approximate surface area is 218 Å². The van der Waals surface area contributed by atoms with Crippen molar-refractivity contribution in [3.05, 3.63) is 71.1 Å². The highest BCUT2D eigenvalue weighted by Crippen LogP contribution is 2.32. The molecule has 0 radical (unpaired) electrons. The van der Waals surface area contributed by atoms with Crippen LogP contribution < -0.4 is 16.0 Å². The number of hydrogen-bond acceptors (Lipinski definition) is 6. The molecule has 1 heterocycles. The van der Waals surface area contributed by atoms with E-state index in [1.165, 1.54) is 0 Å². The number of hydrogen-bond donors (Lipinski definition) is 4. The van der Waals surface area contributed by atoms with Gasteiger partial charge in [0.15, 0.2) is 0 Å². The third-order valence-corrected chi connectivity index (χ3v) is 5.90. The molecule has 1 aromatic heterocycles. The summed E-state index contributed by atoms with van der Waals surface area (Å²) in [6.45, 7) is 5.51. The van der Waals surface area contributed by atoms with Gasteiger partial charge in [0.1, 0.15) is 5.60 Å². The van der Waals surface area contributed by atoms with E-state index < -0.39 is 17.7 Å². The largest absolute Gasteiger partial charge is 0.481 e. The van der Waals surface area contributed by atoms with Gasteiger partial charge in [0, 0.05) is 23.4 Å². The molecule has 2 aromatic carbocycles. The maximum absolute atomic E-state index is 13.0. The number of ether oxygens (including phenoxy) is 1. The number of thiophene rings is 1. The molecule has 0 fully saturated rings. The van der Waals surface area contributed by atoms with Gasteiger partial charge < -0.3 is 20.5 Å². The fraction of sp³-hybridized carbons (Fsp3) is 0.259. The quantitative estimate of drug-likeness (QED) is 0.293. The van der Waals surface area contributed by atoms with Crippen molar-refractivity contribution in [2.75, 3.05) is 10.6 Å². The number of aliphatic carboxylic acids is 1. The Bertz CT molecular complexity index is 1260. The number of amides is 3. The summed E-state index contributed by atoms with van der Waals surface area (Å²) in [6, 6.07) is 15.9. The molecule has 10 heteroatoms. The minimum atomic E-state index is -1.03. The van der Waals surface area contributed by atoms with Crippen molar-refractivity contribution >= 4 is 46.6 Å². The molecule has 0 bridgehead atoms. The Balaban J connectivity index is 1.72. The van der Waals surface area contributed by atoms with Crippen LogP contribution in [0.4, 0.5) is 16.2 Å². The molecule has 4 N–H and O–H groups in total. The average molecular weight is 524 g/mol. The van der Waals surface area contributed by atoms with Crippen LogP contribution in [0.15, 0.2) is 60.0 Å². The molecule has 0 aliphatic heterocycles. The Morgan fingerprint density at radius 3 is 2.27 bits per heavy atom. The van der Waals surface area contributed by atoms with Crippen LogP contribution in [-0.4, -0.2) is 34.6 Å². The lowest BCUT2D eigenvalue weighted by atomic mass is 10.1. The zero-order valence-electron chi connectivity index (χ0n) is 20.8. The molecule has 0 aliphatic rings. The second-order valence-electron chi connectivity index (χ2n) is 9.19. The number of carbonyl (C=O) groups is 4. The lowest BCUT2D eigenvalue weighted by Crippen LogP contribution is -2.27. The van der Waals surface area contributed by atoms with Gasteiger partial charge in [0.05, 0.1) is 17.8 Å². The maximum atomic E-state index is 13.0. The molecule has 3 amide bonds. The zero-order chi connectivity index (χ0) is 27.0. The van der Waals surface area contributed by atoms with Crippen molar-refractivity contribution < 1.29 is 29.0 Å². The number of nitrogens with one attached hydrogen (secondary N) is 3. The van der Waals surface area contributed by atoms with Crippen LogP contribution in [0.2, 0.25) is 0 Å². The standard InChI is InChI=1S/C27H29N3O6S/c1-27(2,3)36-26(35)30-20-11-10-19(22-5-4-14-37-22)15-21(20)29-25(34)18-8-6-17(7-9-18)16-28-23(31)12-13-24(32)33/h4-11,14-15H,12-13,16H2,1-3H3,(H,28,31)(H,29,34)(H,30,35)(H,32,33). The number of carboxylic acid groups (broad SMARTS) is 1. The van der Waals surface area contributed by atoms with E-state index in [4.69, 9.17) is 9.84 Å². The van der Waals surface area contributed by atoms with Gasteiger partial charge in [-0.1, -0.05) is 24.3 Å². The van der Waals surface area contributed by atoms with E-state index in [1.54, 1.807) is 68.5 Å². The van der Waals surface area contributed by atoms with Crippen LogP contribution in [0, 0.1) is 0 Å². The SMILES string of the molecule is CC(C)(C)OC(=O)Nc1ccc(-c2cccs2)cc1NC(=O)c1ccc(CNC(=O)CCC(=O)O)cc1. The highest BCUT2D eigenvalue weighted by molar-refractivity contribution is 7.13. The number of benzene rings is 2. The molecule has 3 rings (SSSR count). The summed E-state index contributed by atoms with van der Waals surface area (Å²) < 4.78 is 5.35. The predicted octanol–water partition coefficient (Wildman–Crippen LogP) is 5.50. The Morgan fingerprint density at radius 2 is 1.65 bits per heavy atom. The third-order valence-electron chi connectivity index (χ3n) is 4.98. The van der Waals surface area contributed by atoms with Crippen molar-refractivity contribution in [1.29, 1.82) is 0 Å². The van der Waals surface area contributed by atoms with E-state index in [2.05, 4.69) is 16.0 Å². The van der Waals surface area contributed by atoms with Crippen LogP contribution in [0.5, 0.6) is 0 Å². The monoisotopic (exact) mass is 523 g/mol. The molecule has 3 aromatic rings. The topological polar surface area (TPSA) is 134 Å². The summed E-state index contributed by atoms with van der Waals surface area (Å²) in [5.41, 5.74) is 2.15. The van der Waals surface area contributed by atoms with E-state index in [1.807, 2.05) is 23.6 Å². The zero-order valence-corrected chi connectivity index (χ0v) is 21.6. The average Bonchev–Trinajstić information content (AvgIpc) is 3.36. The third kappa shape index (κ3) is 8.76. The molecule has 194 valence electrons. The molecule has 0 unspecified atom stereocenters. The first-order valence-electron chi connectivity index (χ1n) is 11.6. The molecule has 37 heavy (non-hydrogen) atoms. The van der Waals surface area contributed by atoms with Crippen LogP contribution in [-0.2, 0) is 20.9 Å². The van der Waals surface area contributed by atoms with Crippen LogP contribution in [0.3, 0.4) is 0 Å². The molecule has 9 nitrogen and oxygen atoms in total. The number of carbonyl (C=O) groups excluding carboxylic acids is 3. The summed E-state index contributed by atoms with van der Waals surface area (Å²) in [6.07, 6.45) is -0.967. The molecule has 0 saturated carbocycles. The van der Waals surface area contributed by atoms with Gasteiger partial charge in [-0.25, -0.2) is 4.79 Å². The fourth-order valence-electron chi connectivity index (χ4n) is 3.24. The Hall–Kier alpha value is -4.18. The normalized spacial score (nSPS) is 10.9. The molecular weight excluding hydrogens is 494 g/mol. The van der Waals surface area contributed by atoms with Crippen molar-refractivity contribution in [2.24, 2.45) is 0 Å². The lowest BCUT2D eigenvalue weighted by Gasteiger charge is -2.21. The van der Waals surface area contributed by atoms with Gasteiger partial charge in [-0.05, 0) is 67.6 Å². The maximum Gasteiger partial charge on any atom is 0.412 e. The summed E-state index contributed by atoms with van der Waals surface area (Å²) in [7, 11) is 0. The van der Waals surface area contributed by atoms with Gasteiger partial charge >= 0.3 is 12.1 Å². The number of anilines is 2. The van der Waals surface area contributed by atoms with E-state index in [0.29, 0.717) is 16.9 Å². The highest BCUT2D eigenvalue weighted by atomic mass is 32.1. The Kier molecular flexibility index (Phi) is 9.02. The summed E-state index contributed by atoms with van der Waals surface area (Å²) >= 11 is 1.56. The molecule has 0 atom stereocenters. The predicted molar refractivity (Wildman–Crippen MR) is 143 cm³/mol. The Morgan fingerprint density at radius 1 is 0.919 bits per heavy atom. The van der Waals surface area contributed by atoms with E-state index in [0.717, 1.165) is 16.0 Å². The van der Waals surface area contributed by atoms with E-state index in [-0.39, 0.29) is 31.2 Å². The van der Waals surface area contributed by atoms with Gasteiger partial charge in [0.2, 0.25) is 5.91 Å². The second-order valence-corrected chi connectivity index (χ2v) is 10.1. The van der Waals surface area contributed by atoms with Gasteiger partial charge in [-0.2, -0.15) is 0 Å². The van der Waals surface area contributed by atoms with Crippen molar-refractivity contribution in [3.63, 3.8) is 0 Å². The molecule has 0 spiro atoms. The van der Waals surface area contributed by atoms with Gasteiger partial charge in [0.25, 0.3) is 5.91 Å². The van der Waals surface area contributed by atoms with E-state index in [9.17, 15) is 19.2 Å². The summed E-state index contributed by atoms with van der Waals surface area (Å²) in [5, 5.41) is 18.8. The first kappa shape index (κ1) is 27.4. The van der Waals surface area contributed by atoms with Crippen molar-refractivity contribution in [3.8, 4) is 10.4 Å². The van der Waals surface area contributed by atoms with E-state index >= 15 is 0 Å². The lowest BCUT2D eigenvalue weighted by molar-refractivity contribution is -0.138. The highest BCUT2D eigenvalue weighted by Gasteiger charge is 2.19. The minimum Gasteiger partial charge on any atom is -0.481 e. The number of rotatable bonds is 9. The molecule has 0 aliphatic carbocycles.